The van der Waals surface area contributed by atoms with Gasteiger partial charge < -0.3 is 14.2 Å². The minimum atomic E-state index is -0.712. The molecule has 0 amide bonds. The summed E-state index contributed by atoms with van der Waals surface area (Å²) in [6.07, 6.45) is 5.30. The number of nitrogens with zero attached hydrogens (tertiary/aromatic N) is 2. The number of thiazole rings is 1. The third-order valence-corrected chi connectivity index (χ3v) is 6.57. The lowest BCUT2D eigenvalue weighted by molar-refractivity contribution is -0.139. The Morgan fingerprint density at radius 1 is 1.14 bits per heavy atom. The Labute approximate surface area is 217 Å². The highest BCUT2D eigenvalue weighted by Crippen LogP contribution is 2.32. The van der Waals surface area contributed by atoms with E-state index >= 15 is 0 Å². The maximum atomic E-state index is 13.7. The van der Waals surface area contributed by atoms with Crippen LogP contribution in [-0.2, 0) is 14.3 Å². The van der Waals surface area contributed by atoms with Crippen LogP contribution in [0.25, 0.3) is 12.2 Å². The summed E-state index contributed by atoms with van der Waals surface area (Å²) in [5, 5.41) is 0. The molecule has 1 aliphatic heterocycles. The molecule has 2 heterocycles. The molecular formula is C28H26N2O6S. The van der Waals surface area contributed by atoms with Crippen LogP contribution >= 0.6 is 11.3 Å². The maximum Gasteiger partial charge on any atom is 0.338 e. The van der Waals surface area contributed by atoms with Crippen LogP contribution in [-0.4, -0.2) is 30.2 Å². The van der Waals surface area contributed by atoms with E-state index in [4.69, 9.17) is 14.2 Å². The van der Waals surface area contributed by atoms with Gasteiger partial charge in [-0.2, -0.15) is 0 Å². The van der Waals surface area contributed by atoms with Crippen molar-refractivity contribution in [3.05, 3.63) is 96.7 Å². The van der Waals surface area contributed by atoms with Gasteiger partial charge in [0.1, 0.15) is 0 Å². The average molecular weight is 519 g/mol. The number of hydrogen-bond acceptors (Lipinski definition) is 8. The van der Waals surface area contributed by atoms with Crippen LogP contribution in [0, 0.1) is 0 Å². The van der Waals surface area contributed by atoms with Gasteiger partial charge in [0.25, 0.3) is 5.56 Å². The summed E-state index contributed by atoms with van der Waals surface area (Å²) in [5.41, 5.74) is 1.87. The van der Waals surface area contributed by atoms with Crippen LogP contribution < -0.4 is 24.4 Å². The number of carbonyl (C=O) groups is 2. The molecule has 3 aromatic rings. The molecule has 0 fully saturated rings. The third-order valence-electron chi connectivity index (χ3n) is 5.59. The minimum Gasteiger partial charge on any atom is -0.493 e. The van der Waals surface area contributed by atoms with Gasteiger partial charge in [-0.15, -0.1) is 0 Å². The molecule has 0 bridgehead atoms. The van der Waals surface area contributed by atoms with Gasteiger partial charge in [0, 0.05) is 12.5 Å². The lowest BCUT2D eigenvalue weighted by Gasteiger charge is -2.21. The number of fused-ring (bicyclic) bond motifs is 1. The summed E-state index contributed by atoms with van der Waals surface area (Å²) < 4.78 is 17.9. The number of carbonyl (C=O) groups excluding carboxylic acids is 2. The zero-order valence-corrected chi connectivity index (χ0v) is 21.7. The monoisotopic (exact) mass is 518 g/mol. The highest BCUT2D eigenvalue weighted by molar-refractivity contribution is 7.07. The van der Waals surface area contributed by atoms with Gasteiger partial charge >= 0.3 is 11.9 Å². The van der Waals surface area contributed by atoms with Crippen LogP contribution in [0.15, 0.2) is 75.7 Å². The molecule has 0 N–H and O–H groups in total. The molecule has 0 aliphatic carbocycles. The predicted octanol–water partition coefficient (Wildman–Crippen LogP) is 3.40. The van der Waals surface area contributed by atoms with Crippen molar-refractivity contribution in [2.45, 2.75) is 26.8 Å². The number of allylic oxidation sites excluding steroid dienone is 2. The van der Waals surface area contributed by atoms with Gasteiger partial charge in [0.2, 0.25) is 0 Å². The summed E-state index contributed by atoms with van der Waals surface area (Å²) in [5.74, 6) is -0.458. The first kappa shape index (κ1) is 25.8. The molecule has 190 valence electrons. The molecule has 0 saturated heterocycles. The Balaban J connectivity index is 1.90. The van der Waals surface area contributed by atoms with E-state index in [9.17, 15) is 14.4 Å². The summed E-state index contributed by atoms with van der Waals surface area (Å²) in [6.45, 7) is 4.95. The molecule has 0 radical (unpaired) electrons. The molecule has 9 heteroatoms. The second kappa shape index (κ2) is 11.2. The fourth-order valence-corrected chi connectivity index (χ4v) is 5.03. The number of methoxy groups -OCH3 is 1. The van der Waals surface area contributed by atoms with E-state index in [-0.39, 0.29) is 17.9 Å². The van der Waals surface area contributed by atoms with Gasteiger partial charge in [0.15, 0.2) is 16.3 Å². The van der Waals surface area contributed by atoms with Crippen molar-refractivity contribution in [2.75, 3.05) is 13.7 Å². The van der Waals surface area contributed by atoms with Crippen LogP contribution in [0.5, 0.6) is 11.5 Å². The number of ether oxygens (including phenoxy) is 3. The smallest absolute Gasteiger partial charge is 0.338 e. The van der Waals surface area contributed by atoms with Crippen molar-refractivity contribution >= 4 is 35.4 Å². The first-order valence-electron chi connectivity index (χ1n) is 11.6. The highest BCUT2D eigenvalue weighted by atomic mass is 32.1. The standard InChI is InChI=1S/C28H26N2O6S/c1-5-35-27(33)24-17(2)29-28-30(21(24)15-14-19-10-7-6-8-11-19)26(32)23(37-28)16-20-12-9-13-22(34-4)25(20)36-18(3)31/h6-16,21H,5H2,1-4H3. The third kappa shape index (κ3) is 5.46. The molecule has 37 heavy (non-hydrogen) atoms. The van der Waals surface area contributed by atoms with Crippen LogP contribution in [0.1, 0.15) is 37.9 Å². The van der Waals surface area contributed by atoms with Crippen molar-refractivity contribution < 1.29 is 23.8 Å². The van der Waals surface area contributed by atoms with E-state index in [1.807, 2.05) is 36.4 Å². The topological polar surface area (TPSA) is 96.2 Å². The van der Waals surface area contributed by atoms with Gasteiger partial charge in [-0.05, 0) is 31.6 Å². The lowest BCUT2D eigenvalue weighted by atomic mass is 10.0. The fraction of sp³-hybridized carbons (Fsp3) is 0.214. The van der Waals surface area contributed by atoms with E-state index in [0.29, 0.717) is 31.9 Å². The number of aromatic nitrogens is 1. The molecule has 0 saturated carbocycles. The lowest BCUT2D eigenvalue weighted by Crippen LogP contribution is -2.38. The number of para-hydroxylation sites is 1. The van der Waals surface area contributed by atoms with Crippen LogP contribution in [0.2, 0.25) is 0 Å². The molecule has 2 aromatic carbocycles. The second-order valence-corrected chi connectivity index (χ2v) is 9.10. The fourth-order valence-electron chi connectivity index (χ4n) is 3.98. The molecular weight excluding hydrogens is 492 g/mol. The summed E-state index contributed by atoms with van der Waals surface area (Å²) >= 11 is 1.18. The van der Waals surface area contributed by atoms with E-state index in [0.717, 1.165) is 5.56 Å². The van der Waals surface area contributed by atoms with Gasteiger partial charge in [-0.1, -0.05) is 66.0 Å². The number of benzene rings is 2. The molecule has 1 atom stereocenters. The van der Waals surface area contributed by atoms with E-state index in [2.05, 4.69) is 4.99 Å². The Morgan fingerprint density at radius 2 is 1.89 bits per heavy atom. The first-order valence-corrected chi connectivity index (χ1v) is 12.4. The van der Waals surface area contributed by atoms with Crippen LogP contribution in [0.3, 0.4) is 0 Å². The van der Waals surface area contributed by atoms with E-state index in [1.54, 1.807) is 44.2 Å². The quantitative estimate of drug-likeness (QED) is 0.351. The molecule has 0 spiro atoms. The van der Waals surface area contributed by atoms with Crippen molar-refractivity contribution in [3.8, 4) is 11.5 Å². The second-order valence-electron chi connectivity index (χ2n) is 8.09. The maximum absolute atomic E-state index is 13.7. The normalized spacial score (nSPS) is 15.4. The van der Waals surface area contributed by atoms with Crippen molar-refractivity contribution in [3.63, 3.8) is 0 Å². The highest BCUT2D eigenvalue weighted by Gasteiger charge is 2.30. The van der Waals surface area contributed by atoms with Gasteiger partial charge in [-0.25, -0.2) is 9.79 Å². The Bertz CT molecular complexity index is 1580. The number of hydrogen-bond donors (Lipinski definition) is 0. The Hall–Kier alpha value is -4.24. The number of rotatable bonds is 7. The van der Waals surface area contributed by atoms with Crippen molar-refractivity contribution in [2.24, 2.45) is 4.99 Å². The van der Waals surface area contributed by atoms with Gasteiger partial charge in [0.05, 0.1) is 35.6 Å². The molecule has 8 nitrogen and oxygen atoms in total. The Kier molecular flexibility index (Phi) is 7.83. The molecule has 1 aromatic heterocycles. The van der Waals surface area contributed by atoms with Crippen molar-refractivity contribution in [1.29, 1.82) is 0 Å². The zero-order chi connectivity index (χ0) is 26.5. The largest absolute Gasteiger partial charge is 0.493 e. The first-order chi connectivity index (χ1) is 17.8. The zero-order valence-electron chi connectivity index (χ0n) is 20.9. The molecule has 4 rings (SSSR count). The van der Waals surface area contributed by atoms with E-state index in [1.165, 1.54) is 29.9 Å². The van der Waals surface area contributed by atoms with E-state index < -0.39 is 18.0 Å². The number of esters is 2. The summed E-state index contributed by atoms with van der Waals surface area (Å²) in [4.78, 5) is 43.3. The van der Waals surface area contributed by atoms with Gasteiger partial charge in [-0.3, -0.25) is 14.2 Å². The predicted molar refractivity (Wildman–Crippen MR) is 141 cm³/mol. The van der Waals surface area contributed by atoms with Crippen molar-refractivity contribution in [1.82, 2.24) is 4.57 Å². The van der Waals surface area contributed by atoms with Crippen LogP contribution in [0.4, 0.5) is 0 Å². The minimum absolute atomic E-state index is 0.198. The molecule has 1 unspecified atom stereocenters. The Morgan fingerprint density at radius 3 is 2.57 bits per heavy atom. The average Bonchev–Trinajstić information content (AvgIpc) is 3.18. The summed E-state index contributed by atoms with van der Waals surface area (Å²) in [7, 11) is 1.47. The SMILES string of the molecule is CCOC(=O)C1=C(C)N=c2sc(=Cc3cccc(OC)c3OC(C)=O)c(=O)n2C1C=Cc1ccccc1. The summed E-state index contributed by atoms with van der Waals surface area (Å²) in [6, 6.07) is 14.0. The molecule has 1 aliphatic rings.